The fourth-order valence-corrected chi connectivity index (χ4v) is 1.93. The van der Waals surface area contributed by atoms with Crippen molar-refractivity contribution in [2.75, 3.05) is 0 Å². The van der Waals surface area contributed by atoms with E-state index in [-0.39, 0.29) is 5.12 Å². The lowest BCUT2D eigenvalue weighted by atomic mass is 10.2. The van der Waals surface area contributed by atoms with E-state index in [1.165, 1.54) is 17.3 Å². The third-order valence-electron chi connectivity index (χ3n) is 1.88. The first-order chi connectivity index (χ1) is 7.18. The van der Waals surface area contributed by atoms with Crippen LogP contribution in [0.2, 0.25) is 0 Å². The molecule has 0 N–H and O–H groups in total. The SMILES string of the molecule is CC(C)=CCCC(=O)Sc1ccccc1. The van der Waals surface area contributed by atoms with Crippen molar-refractivity contribution < 1.29 is 4.79 Å². The summed E-state index contributed by atoms with van der Waals surface area (Å²) in [5, 5.41) is 0.235. The second-order valence-electron chi connectivity index (χ2n) is 3.61. The summed E-state index contributed by atoms with van der Waals surface area (Å²) in [6, 6.07) is 9.78. The molecule has 0 aliphatic rings. The highest BCUT2D eigenvalue weighted by atomic mass is 32.2. The summed E-state index contributed by atoms with van der Waals surface area (Å²) in [5.74, 6) is 0. The van der Waals surface area contributed by atoms with Crippen LogP contribution in [0.3, 0.4) is 0 Å². The van der Waals surface area contributed by atoms with E-state index in [1.54, 1.807) is 0 Å². The molecule has 0 radical (unpaired) electrons. The summed E-state index contributed by atoms with van der Waals surface area (Å²) in [6.07, 6.45) is 3.56. The number of thioether (sulfide) groups is 1. The van der Waals surface area contributed by atoms with Gasteiger partial charge in [0.1, 0.15) is 0 Å². The predicted octanol–water partition coefficient (Wildman–Crippen LogP) is 4.05. The van der Waals surface area contributed by atoms with Crippen LogP contribution < -0.4 is 0 Å². The number of hydrogen-bond acceptors (Lipinski definition) is 2. The van der Waals surface area contributed by atoms with E-state index in [1.807, 2.05) is 30.3 Å². The van der Waals surface area contributed by atoms with Gasteiger partial charge in [0.05, 0.1) is 0 Å². The largest absolute Gasteiger partial charge is 0.287 e. The lowest BCUT2D eigenvalue weighted by Gasteiger charge is -1.98. The number of carbonyl (C=O) groups excluding carboxylic acids is 1. The van der Waals surface area contributed by atoms with Crippen LogP contribution in [-0.4, -0.2) is 5.12 Å². The van der Waals surface area contributed by atoms with Gasteiger partial charge in [-0.05, 0) is 32.4 Å². The van der Waals surface area contributed by atoms with E-state index in [4.69, 9.17) is 0 Å². The van der Waals surface area contributed by atoms with Crippen LogP contribution >= 0.6 is 11.8 Å². The van der Waals surface area contributed by atoms with Gasteiger partial charge in [-0.1, -0.05) is 41.6 Å². The molecule has 0 aromatic heterocycles. The molecule has 0 aliphatic heterocycles. The highest BCUT2D eigenvalue weighted by molar-refractivity contribution is 8.13. The van der Waals surface area contributed by atoms with Gasteiger partial charge in [0.15, 0.2) is 5.12 Å². The molecule has 80 valence electrons. The van der Waals surface area contributed by atoms with E-state index in [0.717, 1.165) is 11.3 Å². The molecule has 1 aromatic carbocycles. The second kappa shape index (κ2) is 6.46. The Bertz CT molecular complexity index is 337. The van der Waals surface area contributed by atoms with Gasteiger partial charge >= 0.3 is 0 Å². The monoisotopic (exact) mass is 220 g/mol. The minimum absolute atomic E-state index is 0.235. The molecule has 0 saturated carbocycles. The first kappa shape index (κ1) is 12.1. The van der Waals surface area contributed by atoms with Crippen molar-refractivity contribution >= 4 is 16.9 Å². The molecule has 1 rings (SSSR count). The third kappa shape index (κ3) is 5.43. The maximum Gasteiger partial charge on any atom is 0.193 e. The topological polar surface area (TPSA) is 17.1 Å². The van der Waals surface area contributed by atoms with Crippen molar-refractivity contribution in [2.24, 2.45) is 0 Å². The minimum Gasteiger partial charge on any atom is -0.287 e. The summed E-state index contributed by atoms with van der Waals surface area (Å²) in [7, 11) is 0. The number of hydrogen-bond donors (Lipinski definition) is 0. The Morgan fingerprint density at radius 2 is 1.93 bits per heavy atom. The van der Waals surface area contributed by atoms with E-state index >= 15 is 0 Å². The smallest absolute Gasteiger partial charge is 0.193 e. The van der Waals surface area contributed by atoms with Crippen molar-refractivity contribution in [2.45, 2.75) is 31.6 Å². The molecule has 0 spiro atoms. The Morgan fingerprint density at radius 3 is 2.53 bits per heavy atom. The highest BCUT2D eigenvalue weighted by Gasteiger charge is 2.02. The van der Waals surface area contributed by atoms with E-state index in [9.17, 15) is 4.79 Å². The zero-order valence-corrected chi connectivity index (χ0v) is 10.0. The number of carbonyl (C=O) groups is 1. The van der Waals surface area contributed by atoms with Crippen molar-refractivity contribution in [3.63, 3.8) is 0 Å². The quantitative estimate of drug-likeness (QED) is 0.562. The van der Waals surface area contributed by atoms with E-state index in [2.05, 4.69) is 19.9 Å². The number of benzene rings is 1. The summed E-state index contributed by atoms with van der Waals surface area (Å²) in [4.78, 5) is 12.6. The predicted molar refractivity (Wildman–Crippen MR) is 66.0 cm³/mol. The van der Waals surface area contributed by atoms with Gasteiger partial charge in [0.2, 0.25) is 0 Å². The van der Waals surface area contributed by atoms with Gasteiger partial charge < -0.3 is 0 Å². The molecule has 0 saturated heterocycles. The summed E-state index contributed by atoms with van der Waals surface area (Å²) < 4.78 is 0. The van der Waals surface area contributed by atoms with Gasteiger partial charge in [-0.2, -0.15) is 0 Å². The molecular formula is C13H16OS. The number of rotatable bonds is 4. The summed E-state index contributed by atoms with van der Waals surface area (Å²) in [6.45, 7) is 4.10. The lowest BCUT2D eigenvalue weighted by molar-refractivity contribution is -0.110. The second-order valence-corrected chi connectivity index (χ2v) is 4.74. The zero-order valence-electron chi connectivity index (χ0n) is 9.19. The van der Waals surface area contributed by atoms with Crippen LogP contribution in [0, 0.1) is 0 Å². The number of allylic oxidation sites excluding steroid dienone is 2. The molecule has 1 aromatic rings. The summed E-state index contributed by atoms with van der Waals surface area (Å²) in [5.41, 5.74) is 1.27. The van der Waals surface area contributed by atoms with Crippen LogP contribution in [0.25, 0.3) is 0 Å². The zero-order chi connectivity index (χ0) is 11.1. The standard InChI is InChI=1S/C13H16OS/c1-11(2)7-6-10-13(14)15-12-8-4-3-5-9-12/h3-5,7-9H,6,10H2,1-2H3. The van der Waals surface area contributed by atoms with Gasteiger partial charge in [0.25, 0.3) is 0 Å². The molecule has 0 unspecified atom stereocenters. The average molecular weight is 220 g/mol. The van der Waals surface area contributed by atoms with Gasteiger partial charge in [-0.15, -0.1) is 0 Å². The fraction of sp³-hybridized carbons (Fsp3) is 0.308. The van der Waals surface area contributed by atoms with Crippen molar-refractivity contribution in [3.05, 3.63) is 42.0 Å². The molecule has 1 nitrogen and oxygen atoms in total. The molecule has 0 amide bonds. The maximum absolute atomic E-state index is 11.5. The molecule has 0 fully saturated rings. The Hall–Kier alpha value is -1.02. The van der Waals surface area contributed by atoms with Crippen LogP contribution in [0.5, 0.6) is 0 Å². The lowest BCUT2D eigenvalue weighted by Crippen LogP contribution is -1.89. The highest BCUT2D eigenvalue weighted by Crippen LogP contribution is 2.20. The van der Waals surface area contributed by atoms with Crippen LogP contribution in [0.15, 0.2) is 46.9 Å². The maximum atomic E-state index is 11.5. The Kier molecular flexibility index (Phi) is 5.19. The van der Waals surface area contributed by atoms with Crippen LogP contribution in [0.4, 0.5) is 0 Å². The van der Waals surface area contributed by atoms with E-state index < -0.39 is 0 Å². The normalized spacial score (nSPS) is 9.73. The Morgan fingerprint density at radius 1 is 1.27 bits per heavy atom. The van der Waals surface area contributed by atoms with Gasteiger partial charge in [-0.3, -0.25) is 4.79 Å². The Balaban J connectivity index is 2.34. The molecule has 15 heavy (non-hydrogen) atoms. The molecule has 2 heteroatoms. The van der Waals surface area contributed by atoms with Gasteiger partial charge in [0, 0.05) is 11.3 Å². The minimum atomic E-state index is 0.235. The molecular weight excluding hydrogens is 204 g/mol. The van der Waals surface area contributed by atoms with E-state index in [0.29, 0.717) is 6.42 Å². The molecule has 0 heterocycles. The third-order valence-corrected chi connectivity index (χ3v) is 2.82. The summed E-state index contributed by atoms with van der Waals surface area (Å²) >= 11 is 1.33. The van der Waals surface area contributed by atoms with Crippen molar-refractivity contribution in [1.29, 1.82) is 0 Å². The first-order valence-corrected chi connectivity index (χ1v) is 5.89. The first-order valence-electron chi connectivity index (χ1n) is 5.07. The average Bonchev–Trinajstić information content (AvgIpc) is 2.18. The van der Waals surface area contributed by atoms with Crippen molar-refractivity contribution in [1.82, 2.24) is 0 Å². The molecule has 0 atom stereocenters. The fourth-order valence-electron chi connectivity index (χ4n) is 1.15. The van der Waals surface area contributed by atoms with Crippen molar-refractivity contribution in [3.8, 4) is 0 Å². The Labute approximate surface area is 95.6 Å². The van der Waals surface area contributed by atoms with Gasteiger partial charge in [-0.25, -0.2) is 0 Å². The van der Waals surface area contributed by atoms with Crippen LogP contribution in [-0.2, 0) is 4.79 Å². The molecule has 0 bridgehead atoms. The van der Waals surface area contributed by atoms with Crippen LogP contribution in [0.1, 0.15) is 26.7 Å². The molecule has 0 aliphatic carbocycles.